The van der Waals surface area contributed by atoms with Gasteiger partial charge in [-0.3, -0.25) is 14.3 Å². The van der Waals surface area contributed by atoms with Crippen LogP contribution < -0.4 is 10.0 Å². The topological polar surface area (TPSA) is 108 Å². The zero-order valence-electron chi connectivity index (χ0n) is 14.7. The van der Waals surface area contributed by atoms with Crippen LogP contribution in [0.15, 0.2) is 65.7 Å². The molecule has 0 aliphatic heterocycles. The second-order valence-corrected chi connectivity index (χ2v) is 7.63. The first-order valence-electron chi connectivity index (χ1n) is 8.14. The minimum absolute atomic E-state index is 0.0701. The van der Waals surface area contributed by atoms with Gasteiger partial charge in [0.05, 0.1) is 4.90 Å². The predicted molar refractivity (Wildman–Crippen MR) is 102 cm³/mol. The average Bonchev–Trinajstić information content (AvgIpc) is 3.14. The quantitative estimate of drug-likeness (QED) is 0.550. The van der Waals surface area contributed by atoms with Crippen LogP contribution in [0.1, 0.15) is 27.8 Å². The number of carbonyl (C=O) groups is 2. The fourth-order valence-electron chi connectivity index (χ4n) is 2.38. The Labute approximate surface area is 160 Å². The molecule has 1 heterocycles. The lowest BCUT2D eigenvalue weighted by molar-refractivity contribution is 0.101. The van der Waals surface area contributed by atoms with E-state index < -0.39 is 21.7 Å². The van der Waals surface area contributed by atoms with Gasteiger partial charge in [0.1, 0.15) is 11.5 Å². The van der Waals surface area contributed by atoms with Gasteiger partial charge < -0.3 is 10.3 Å². The molecule has 0 atom stereocenters. The summed E-state index contributed by atoms with van der Waals surface area (Å²) in [7, 11) is -3.86. The Morgan fingerprint density at radius 3 is 2.14 bits per heavy atom. The highest BCUT2D eigenvalue weighted by Gasteiger charge is 2.15. The van der Waals surface area contributed by atoms with Crippen LogP contribution in [0.25, 0.3) is 0 Å². The Balaban J connectivity index is 1.68. The van der Waals surface area contributed by atoms with Gasteiger partial charge in [0.25, 0.3) is 15.9 Å². The predicted octanol–water partition coefficient (Wildman–Crippen LogP) is 3.41. The molecule has 1 aromatic heterocycles. The average molecular weight is 401 g/mol. The standard InChI is InChI=1S/C19H16FN3O4S/c1-12(24)13-10-18(21-11-13)19(25)22-15-4-6-16(7-5-15)23-28(26,27)17-8-2-14(20)3-9-17/h2-11,21,23H,1H3,(H,22,25). The molecule has 0 fully saturated rings. The Kier molecular flexibility index (Phi) is 5.27. The molecule has 0 aliphatic carbocycles. The smallest absolute Gasteiger partial charge is 0.272 e. The van der Waals surface area contributed by atoms with E-state index in [1.54, 1.807) is 0 Å². The summed E-state index contributed by atoms with van der Waals surface area (Å²) < 4.78 is 39.9. The van der Waals surface area contributed by atoms with Crippen LogP contribution >= 0.6 is 0 Å². The molecule has 7 nitrogen and oxygen atoms in total. The molecule has 2 aromatic carbocycles. The first kappa shape index (κ1) is 19.3. The summed E-state index contributed by atoms with van der Waals surface area (Å²) in [5, 5.41) is 2.64. The summed E-state index contributed by atoms with van der Waals surface area (Å²) in [6.07, 6.45) is 1.45. The fourth-order valence-corrected chi connectivity index (χ4v) is 3.44. The number of sulfonamides is 1. The highest BCUT2D eigenvalue weighted by Crippen LogP contribution is 2.19. The van der Waals surface area contributed by atoms with Crippen LogP contribution in [0.2, 0.25) is 0 Å². The number of rotatable bonds is 6. The molecule has 3 N–H and O–H groups in total. The molecule has 0 unspecified atom stereocenters. The molecule has 28 heavy (non-hydrogen) atoms. The number of halogens is 1. The lowest BCUT2D eigenvalue weighted by Gasteiger charge is -2.09. The highest BCUT2D eigenvalue weighted by atomic mass is 32.2. The molecule has 0 saturated carbocycles. The molecule has 9 heteroatoms. The maximum absolute atomic E-state index is 12.9. The highest BCUT2D eigenvalue weighted by molar-refractivity contribution is 7.92. The monoisotopic (exact) mass is 401 g/mol. The number of aromatic amines is 1. The zero-order chi connectivity index (χ0) is 20.3. The van der Waals surface area contributed by atoms with Crippen LogP contribution in [0, 0.1) is 5.82 Å². The summed E-state index contributed by atoms with van der Waals surface area (Å²) in [5.41, 5.74) is 1.34. The molecular weight excluding hydrogens is 385 g/mol. The van der Waals surface area contributed by atoms with Gasteiger partial charge >= 0.3 is 0 Å². The van der Waals surface area contributed by atoms with E-state index in [0.717, 1.165) is 24.3 Å². The van der Waals surface area contributed by atoms with Crippen LogP contribution in [-0.4, -0.2) is 25.1 Å². The maximum Gasteiger partial charge on any atom is 0.272 e. The number of hydrogen-bond donors (Lipinski definition) is 3. The molecule has 0 bridgehead atoms. The number of benzene rings is 2. The van der Waals surface area contributed by atoms with Gasteiger partial charge in [-0.1, -0.05) is 0 Å². The Morgan fingerprint density at radius 2 is 1.57 bits per heavy atom. The summed E-state index contributed by atoms with van der Waals surface area (Å²) in [6, 6.07) is 11.9. The minimum Gasteiger partial charge on any atom is -0.356 e. The van der Waals surface area contributed by atoms with E-state index in [0.29, 0.717) is 11.3 Å². The first-order chi connectivity index (χ1) is 13.2. The number of H-pyrrole nitrogens is 1. The summed E-state index contributed by atoms with van der Waals surface area (Å²) in [5.74, 6) is -1.13. The molecule has 0 saturated heterocycles. The third kappa shape index (κ3) is 4.44. The second-order valence-electron chi connectivity index (χ2n) is 5.95. The number of ketones is 1. The minimum atomic E-state index is -3.86. The van der Waals surface area contributed by atoms with Crippen LogP contribution in [0.3, 0.4) is 0 Å². The van der Waals surface area contributed by atoms with E-state index >= 15 is 0 Å². The van der Waals surface area contributed by atoms with Crippen molar-refractivity contribution in [2.75, 3.05) is 10.0 Å². The molecule has 0 radical (unpaired) electrons. The molecule has 3 rings (SSSR count). The molecule has 1 amide bonds. The van der Waals surface area contributed by atoms with Crippen molar-refractivity contribution in [3.05, 3.63) is 77.9 Å². The summed E-state index contributed by atoms with van der Waals surface area (Å²) >= 11 is 0. The lowest BCUT2D eigenvalue weighted by Crippen LogP contribution is -2.14. The van der Waals surface area contributed by atoms with Crippen molar-refractivity contribution in [1.29, 1.82) is 0 Å². The van der Waals surface area contributed by atoms with Gasteiger partial charge in [-0.2, -0.15) is 0 Å². The number of nitrogens with one attached hydrogen (secondary N) is 3. The summed E-state index contributed by atoms with van der Waals surface area (Å²) in [4.78, 5) is 26.1. The van der Waals surface area contributed by atoms with Crippen molar-refractivity contribution >= 4 is 33.1 Å². The van der Waals surface area contributed by atoms with Crippen molar-refractivity contribution in [3.8, 4) is 0 Å². The van der Waals surface area contributed by atoms with Gasteiger partial charge in [0.15, 0.2) is 5.78 Å². The van der Waals surface area contributed by atoms with Gasteiger partial charge in [-0.25, -0.2) is 12.8 Å². The number of carbonyl (C=O) groups excluding carboxylic acids is 2. The van der Waals surface area contributed by atoms with Crippen molar-refractivity contribution in [2.45, 2.75) is 11.8 Å². The van der Waals surface area contributed by atoms with E-state index in [2.05, 4.69) is 15.0 Å². The van der Waals surface area contributed by atoms with E-state index in [1.165, 1.54) is 43.5 Å². The molecule has 144 valence electrons. The number of amides is 1. The zero-order valence-corrected chi connectivity index (χ0v) is 15.5. The maximum atomic E-state index is 12.9. The van der Waals surface area contributed by atoms with E-state index in [1.807, 2.05) is 0 Å². The Bertz CT molecular complexity index is 1120. The molecule has 3 aromatic rings. The molecular formula is C19H16FN3O4S. The Hall–Kier alpha value is -3.46. The SMILES string of the molecule is CC(=O)c1c[nH]c(C(=O)Nc2ccc(NS(=O)(=O)c3ccc(F)cc3)cc2)c1. The fraction of sp³-hybridized carbons (Fsp3) is 0.0526. The number of anilines is 2. The van der Waals surface area contributed by atoms with Gasteiger partial charge in [-0.15, -0.1) is 0 Å². The van der Waals surface area contributed by atoms with Crippen LogP contribution in [0.5, 0.6) is 0 Å². The van der Waals surface area contributed by atoms with E-state index in [9.17, 15) is 22.4 Å². The number of aromatic nitrogens is 1. The van der Waals surface area contributed by atoms with Gasteiger partial charge in [0.2, 0.25) is 0 Å². The number of Topliss-reactive ketones (excluding diaryl/α,β-unsaturated/α-hetero) is 1. The number of hydrogen-bond acceptors (Lipinski definition) is 4. The molecule has 0 spiro atoms. The second kappa shape index (κ2) is 7.65. The normalized spacial score (nSPS) is 11.1. The Morgan fingerprint density at radius 1 is 0.964 bits per heavy atom. The van der Waals surface area contributed by atoms with Crippen LogP contribution in [0.4, 0.5) is 15.8 Å². The van der Waals surface area contributed by atoms with Crippen LogP contribution in [-0.2, 0) is 10.0 Å². The van der Waals surface area contributed by atoms with E-state index in [4.69, 9.17) is 0 Å². The molecule has 0 aliphatic rings. The lowest BCUT2D eigenvalue weighted by atomic mass is 10.2. The van der Waals surface area contributed by atoms with Crippen molar-refractivity contribution in [1.82, 2.24) is 4.98 Å². The van der Waals surface area contributed by atoms with Crippen molar-refractivity contribution < 1.29 is 22.4 Å². The van der Waals surface area contributed by atoms with E-state index in [-0.39, 0.29) is 22.1 Å². The van der Waals surface area contributed by atoms with Crippen molar-refractivity contribution in [3.63, 3.8) is 0 Å². The van der Waals surface area contributed by atoms with Gasteiger partial charge in [-0.05, 0) is 61.5 Å². The summed E-state index contributed by atoms with van der Waals surface area (Å²) in [6.45, 7) is 1.40. The first-order valence-corrected chi connectivity index (χ1v) is 9.62. The largest absolute Gasteiger partial charge is 0.356 e. The third-order valence-corrected chi connectivity index (χ3v) is 5.25. The van der Waals surface area contributed by atoms with Crippen molar-refractivity contribution in [2.24, 2.45) is 0 Å². The van der Waals surface area contributed by atoms with Gasteiger partial charge in [0, 0.05) is 23.1 Å². The third-order valence-electron chi connectivity index (χ3n) is 3.85.